The van der Waals surface area contributed by atoms with Crippen molar-refractivity contribution in [3.8, 4) is 0 Å². The molecule has 2 aromatic carbocycles. The second-order valence-corrected chi connectivity index (χ2v) is 7.39. The summed E-state index contributed by atoms with van der Waals surface area (Å²) in [5.41, 5.74) is 3.03. The van der Waals surface area contributed by atoms with Gasteiger partial charge in [0.25, 0.3) is 0 Å². The highest BCUT2D eigenvalue weighted by Gasteiger charge is 2.21. The maximum atomic E-state index is 12.4. The fourth-order valence-electron chi connectivity index (χ4n) is 3.37. The van der Waals surface area contributed by atoms with Crippen LogP contribution >= 0.6 is 23.2 Å². The molecule has 1 atom stereocenters. The molecule has 0 aliphatic carbocycles. The van der Waals surface area contributed by atoms with Gasteiger partial charge in [-0.15, -0.1) is 0 Å². The van der Waals surface area contributed by atoms with E-state index in [1.807, 2.05) is 36.5 Å². The van der Waals surface area contributed by atoms with Gasteiger partial charge >= 0.3 is 0 Å². The van der Waals surface area contributed by atoms with Crippen LogP contribution in [0.25, 0.3) is 10.9 Å². The second-order valence-electron chi connectivity index (χ2n) is 6.55. The van der Waals surface area contributed by atoms with Crippen molar-refractivity contribution in [1.82, 2.24) is 19.9 Å². The molecule has 2 N–H and O–H groups in total. The quantitative estimate of drug-likeness (QED) is 0.485. The standard InChI is InChI=1S/C21H18Cl2N4O/c22-14-5-6-15(19(23)9-14)17(11-26-21(28)12-27-8-7-24-13-27)18-10-25-20-4-2-1-3-16(18)20/h1-10,13,17,25H,11-12H2,(H,26,28)/t17-/m1/s1. The normalized spacial score (nSPS) is 12.2. The summed E-state index contributed by atoms with van der Waals surface area (Å²) in [4.78, 5) is 19.7. The molecule has 0 unspecified atom stereocenters. The molecule has 0 radical (unpaired) electrons. The maximum Gasteiger partial charge on any atom is 0.240 e. The number of aromatic nitrogens is 3. The number of rotatable bonds is 6. The van der Waals surface area contributed by atoms with Crippen molar-refractivity contribution >= 4 is 40.0 Å². The van der Waals surface area contributed by atoms with E-state index < -0.39 is 0 Å². The van der Waals surface area contributed by atoms with Crippen LogP contribution < -0.4 is 5.32 Å². The second kappa shape index (κ2) is 8.09. The minimum absolute atomic E-state index is 0.0899. The van der Waals surface area contributed by atoms with Gasteiger partial charge in [-0.3, -0.25) is 4.79 Å². The molecule has 0 aliphatic heterocycles. The summed E-state index contributed by atoms with van der Waals surface area (Å²) in [5.74, 6) is -0.208. The van der Waals surface area contributed by atoms with E-state index in [-0.39, 0.29) is 18.4 Å². The van der Waals surface area contributed by atoms with Crippen molar-refractivity contribution in [2.45, 2.75) is 12.5 Å². The molecule has 142 valence electrons. The Bertz CT molecular complexity index is 1100. The van der Waals surface area contributed by atoms with Crippen molar-refractivity contribution in [1.29, 1.82) is 0 Å². The summed E-state index contributed by atoms with van der Waals surface area (Å²) < 4.78 is 1.73. The molecule has 0 bridgehead atoms. The van der Waals surface area contributed by atoms with E-state index in [9.17, 15) is 4.79 Å². The minimum Gasteiger partial charge on any atom is -0.361 e. The van der Waals surface area contributed by atoms with Crippen molar-refractivity contribution in [3.05, 3.63) is 88.6 Å². The number of aromatic amines is 1. The summed E-state index contributed by atoms with van der Waals surface area (Å²) in [6.07, 6.45) is 7.00. The number of hydrogen-bond acceptors (Lipinski definition) is 2. The third-order valence-corrected chi connectivity index (χ3v) is 5.29. The molecule has 7 heteroatoms. The van der Waals surface area contributed by atoms with E-state index in [2.05, 4.69) is 21.4 Å². The van der Waals surface area contributed by atoms with Crippen LogP contribution in [0.1, 0.15) is 17.0 Å². The summed E-state index contributed by atoms with van der Waals surface area (Å²) in [5, 5.41) is 5.28. The van der Waals surface area contributed by atoms with E-state index >= 15 is 0 Å². The molecular weight excluding hydrogens is 395 g/mol. The van der Waals surface area contributed by atoms with Gasteiger partial charge < -0.3 is 14.9 Å². The first kappa shape index (κ1) is 18.6. The third kappa shape index (κ3) is 3.91. The molecule has 4 rings (SSSR count). The molecule has 28 heavy (non-hydrogen) atoms. The smallest absolute Gasteiger partial charge is 0.240 e. The van der Waals surface area contributed by atoms with E-state index in [0.717, 1.165) is 22.0 Å². The van der Waals surface area contributed by atoms with E-state index in [1.54, 1.807) is 29.4 Å². The topological polar surface area (TPSA) is 62.7 Å². The number of amides is 1. The zero-order valence-electron chi connectivity index (χ0n) is 14.9. The number of nitrogens with zero attached hydrogens (tertiary/aromatic N) is 2. The van der Waals surface area contributed by atoms with Gasteiger partial charge in [-0.05, 0) is 29.3 Å². The van der Waals surface area contributed by atoms with E-state index in [1.165, 1.54) is 0 Å². The molecule has 2 aromatic heterocycles. The van der Waals surface area contributed by atoms with Crippen molar-refractivity contribution in [2.75, 3.05) is 6.54 Å². The Kier molecular flexibility index (Phi) is 5.37. The Hall–Kier alpha value is -2.76. The third-order valence-electron chi connectivity index (χ3n) is 4.72. The average molecular weight is 413 g/mol. The molecule has 0 saturated carbocycles. The highest BCUT2D eigenvalue weighted by atomic mass is 35.5. The Morgan fingerprint density at radius 2 is 2.04 bits per heavy atom. The molecule has 0 aliphatic rings. The van der Waals surface area contributed by atoms with Crippen molar-refractivity contribution in [2.24, 2.45) is 0 Å². The number of para-hydroxylation sites is 1. The predicted octanol–water partition coefficient (Wildman–Crippen LogP) is 4.62. The number of hydrogen-bond donors (Lipinski definition) is 2. The van der Waals surface area contributed by atoms with Crippen molar-refractivity contribution < 1.29 is 4.79 Å². The van der Waals surface area contributed by atoms with E-state index in [0.29, 0.717) is 16.6 Å². The fourth-order valence-corrected chi connectivity index (χ4v) is 3.91. The number of nitrogens with one attached hydrogen (secondary N) is 2. The first-order chi connectivity index (χ1) is 13.6. The predicted molar refractivity (Wildman–Crippen MR) is 112 cm³/mol. The molecule has 0 saturated heterocycles. The first-order valence-electron chi connectivity index (χ1n) is 8.85. The Morgan fingerprint density at radius 3 is 2.82 bits per heavy atom. The van der Waals surface area contributed by atoms with Crippen LogP contribution in [0, 0.1) is 0 Å². The largest absolute Gasteiger partial charge is 0.361 e. The Balaban J connectivity index is 1.64. The highest BCUT2D eigenvalue weighted by molar-refractivity contribution is 6.35. The van der Waals surface area contributed by atoms with Crippen LogP contribution in [-0.2, 0) is 11.3 Å². The molecule has 4 aromatic rings. The molecule has 5 nitrogen and oxygen atoms in total. The van der Waals surface area contributed by atoms with Crippen molar-refractivity contribution in [3.63, 3.8) is 0 Å². The SMILES string of the molecule is O=C(Cn1ccnc1)NC[C@H](c1ccc(Cl)cc1Cl)c1c[nH]c2ccccc12. The lowest BCUT2D eigenvalue weighted by Gasteiger charge is -2.20. The number of fused-ring (bicyclic) bond motifs is 1. The van der Waals surface area contributed by atoms with Crippen LogP contribution in [0.5, 0.6) is 0 Å². The highest BCUT2D eigenvalue weighted by Crippen LogP contribution is 2.35. The van der Waals surface area contributed by atoms with Gasteiger partial charge in [0, 0.05) is 52.0 Å². The number of benzene rings is 2. The van der Waals surface area contributed by atoms with Gasteiger partial charge in [-0.25, -0.2) is 4.98 Å². The molecule has 2 heterocycles. The summed E-state index contributed by atoms with van der Waals surface area (Å²) >= 11 is 12.6. The van der Waals surface area contributed by atoms with Gasteiger partial charge in [0.05, 0.1) is 6.33 Å². The first-order valence-corrected chi connectivity index (χ1v) is 9.61. The lowest BCUT2D eigenvalue weighted by molar-refractivity contribution is -0.121. The number of carbonyl (C=O) groups is 1. The van der Waals surface area contributed by atoms with Gasteiger partial charge in [0.1, 0.15) is 6.54 Å². The molecular formula is C21H18Cl2N4O. The summed E-state index contributed by atoms with van der Waals surface area (Å²) in [6, 6.07) is 13.5. The zero-order valence-corrected chi connectivity index (χ0v) is 16.4. The van der Waals surface area contributed by atoms with Gasteiger partial charge in [-0.1, -0.05) is 47.5 Å². The van der Waals surface area contributed by atoms with E-state index in [4.69, 9.17) is 23.2 Å². The lowest BCUT2D eigenvalue weighted by atomic mass is 9.90. The maximum absolute atomic E-state index is 12.4. The average Bonchev–Trinajstić information content (AvgIpc) is 3.33. The fraction of sp³-hybridized carbons (Fsp3) is 0.143. The minimum atomic E-state index is -0.118. The lowest BCUT2D eigenvalue weighted by Crippen LogP contribution is -2.31. The number of imidazole rings is 1. The number of carbonyl (C=O) groups excluding carboxylic acids is 1. The summed E-state index contributed by atoms with van der Waals surface area (Å²) in [7, 11) is 0. The van der Waals surface area contributed by atoms with Gasteiger partial charge in [0.2, 0.25) is 5.91 Å². The summed E-state index contributed by atoms with van der Waals surface area (Å²) in [6.45, 7) is 0.631. The van der Waals surface area contributed by atoms with Gasteiger partial charge in [0.15, 0.2) is 0 Å². The molecule has 0 spiro atoms. The van der Waals surface area contributed by atoms with Crippen LogP contribution in [0.3, 0.4) is 0 Å². The molecule has 0 fully saturated rings. The zero-order chi connectivity index (χ0) is 19.5. The monoisotopic (exact) mass is 412 g/mol. The number of H-pyrrole nitrogens is 1. The Labute approximate surface area is 172 Å². The Morgan fingerprint density at radius 1 is 1.18 bits per heavy atom. The molecule has 1 amide bonds. The van der Waals surface area contributed by atoms with Crippen LogP contribution in [-0.4, -0.2) is 27.0 Å². The van der Waals surface area contributed by atoms with Gasteiger partial charge in [-0.2, -0.15) is 0 Å². The van der Waals surface area contributed by atoms with Crippen LogP contribution in [0.4, 0.5) is 0 Å². The van der Waals surface area contributed by atoms with Crippen LogP contribution in [0.2, 0.25) is 10.0 Å². The van der Waals surface area contributed by atoms with Crippen LogP contribution in [0.15, 0.2) is 67.4 Å². The number of halogens is 2.